The third kappa shape index (κ3) is 2.34. The molecule has 18 heavy (non-hydrogen) atoms. The molecule has 1 aliphatic rings. The normalized spacial score (nSPS) is 16.0. The molecule has 1 fully saturated rings. The number of nitrogens with zero attached hydrogens (tertiary/aromatic N) is 2. The lowest BCUT2D eigenvalue weighted by Gasteiger charge is -2.22. The highest BCUT2D eigenvalue weighted by Gasteiger charge is 2.20. The number of rotatable bonds is 2. The van der Waals surface area contributed by atoms with Gasteiger partial charge in [-0.15, -0.1) is 0 Å². The van der Waals surface area contributed by atoms with Gasteiger partial charge in [-0.05, 0) is 6.07 Å². The summed E-state index contributed by atoms with van der Waals surface area (Å²) in [6, 6.07) is 1.36. The highest BCUT2D eigenvalue weighted by molar-refractivity contribution is 5.96. The van der Waals surface area contributed by atoms with Gasteiger partial charge in [0.1, 0.15) is 0 Å². The Hall–Kier alpha value is -2.31. The molecule has 0 aliphatic carbocycles. The van der Waals surface area contributed by atoms with E-state index in [2.05, 4.69) is 10.3 Å². The third-order valence-corrected chi connectivity index (χ3v) is 2.81. The number of hydrogen-bond acceptors (Lipinski definition) is 5. The van der Waals surface area contributed by atoms with E-state index in [-0.39, 0.29) is 17.2 Å². The maximum absolute atomic E-state index is 11.2. The van der Waals surface area contributed by atoms with E-state index in [1.807, 2.05) is 4.90 Å². The van der Waals surface area contributed by atoms with Gasteiger partial charge in [0.25, 0.3) is 0 Å². The number of carbonyl (C=O) groups is 2. The molecule has 2 heterocycles. The van der Waals surface area contributed by atoms with Crippen LogP contribution >= 0.6 is 0 Å². The van der Waals surface area contributed by atoms with Gasteiger partial charge in [-0.1, -0.05) is 0 Å². The SMILES string of the molecule is Nc1c(C(=O)O)ccnc1N1CCNC(=O)CC1. The Balaban J connectivity index is 2.30. The Morgan fingerprint density at radius 2 is 2.28 bits per heavy atom. The summed E-state index contributed by atoms with van der Waals surface area (Å²) in [5.41, 5.74) is 5.98. The maximum atomic E-state index is 11.2. The van der Waals surface area contributed by atoms with Crippen molar-refractivity contribution in [2.45, 2.75) is 6.42 Å². The number of amides is 1. The predicted octanol–water partition coefficient (Wildman–Crippen LogP) is -0.312. The van der Waals surface area contributed by atoms with Crippen molar-refractivity contribution < 1.29 is 14.7 Å². The van der Waals surface area contributed by atoms with Crippen LogP contribution in [0.2, 0.25) is 0 Å². The highest BCUT2D eigenvalue weighted by Crippen LogP contribution is 2.24. The first kappa shape index (κ1) is 12.2. The Morgan fingerprint density at radius 1 is 1.50 bits per heavy atom. The molecule has 1 aromatic heterocycles. The van der Waals surface area contributed by atoms with Crippen LogP contribution in [0, 0.1) is 0 Å². The Bertz CT molecular complexity index is 489. The van der Waals surface area contributed by atoms with Gasteiger partial charge < -0.3 is 21.1 Å². The number of aromatic carboxylic acids is 1. The molecule has 0 bridgehead atoms. The van der Waals surface area contributed by atoms with Gasteiger partial charge in [0, 0.05) is 32.3 Å². The van der Waals surface area contributed by atoms with Crippen molar-refractivity contribution in [3.8, 4) is 0 Å². The van der Waals surface area contributed by atoms with Gasteiger partial charge in [0.2, 0.25) is 5.91 Å². The molecule has 1 saturated heterocycles. The van der Waals surface area contributed by atoms with E-state index < -0.39 is 5.97 Å². The minimum Gasteiger partial charge on any atom is -0.478 e. The predicted molar refractivity (Wildman–Crippen MR) is 65.4 cm³/mol. The molecule has 7 nitrogen and oxygen atoms in total. The first-order chi connectivity index (χ1) is 8.59. The minimum atomic E-state index is -1.08. The molecule has 7 heteroatoms. The molecule has 0 saturated carbocycles. The van der Waals surface area contributed by atoms with Gasteiger partial charge in [0.15, 0.2) is 5.82 Å². The smallest absolute Gasteiger partial charge is 0.337 e. The lowest BCUT2D eigenvalue weighted by atomic mass is 10.2. The van der Waals surface area contributed by atoms with E-state index in [0.717, 1.165) is 0 Å². The van der Waals surface area contributed by atoms with E-state index in [1.54, 1.807) is 0 Å². The fourth-order valence-corrected chi connectivity index (χ4v) is 1.88. The summed E-state index contributed by atoms with van der Waals surface area (Å²) in [6.45, 7) is 1.54. The molecule has 0 radical (unpaired) electrons. The van der Waals surface area contributed by atoms with Crippen LogP contribution in [0.5, 0.6) is 0 Å². The first-order valence-corrected chi connectivity index (χ1v) is 5.59. The molecule has 1 aliphatic heterocycles. The standard InChI is InChI=1S/C11H14N4O3/c12-9-7(11(17)18)1-3-14-10(9)15-5-2-8(16)13-4-6-15/h1,3H,2,4-6,12H2,(H,13,16)(H,17,18). The molecule has 0 atom stereocenters. The maximum Gasteiger partial charge on any atom is 0.337 e. The summed E-state index contributed by atoms with van der Waals surface area (Å²) < 4.78 is 0. The zero-order valence-electron chi connectivity index (χ0n) is 9.72. The summed E-state index contributed by atoms with van der Waals surface area (Å²) in [6.07, 6.45) is 1.76. The van der Waals surface area contributed by atoms with Crippen molar-refractivity contribution in [1.82, 2.24) is 10.3 Å². The van der Waals surface area contributed by atoms with E-state index >= 15 is 0 Å². The molecular weight excluding hydrogens is 236 g/mol. The van der Waals surface area contributed by atoms with Crippen LogP contribution in [0.15, 0.2) is 12.3 Å². The second-order valence-electron chi connectivity index (χ2n) is 3.99. The summed E-state index contributed by atoms with van der Waals surface area (Å²) >= 11 is 0. The average molecular weight is 250 g/mol. The van der Waals surface area contributed by atoms with Crippen LogP contribution in [0.3, 0.4) is 0 Å². The van der Waals surface area contributed by atoms with E-state index in [0.29, 0.717) is 31.9 Å². The quantitative estimate of drug-likeness (QED) is 0.664. The number of hydrogen-bond donors (Lipinski definition) is 3. The molecule has 0 spiro atoms. The van der Waals surface area contributed by atoms with Crippen molar-refractivity contribution >= 4 is 23.4 Å². The minimum absolute atomic E-state index is 0.0227. The van der Waals surface area contributed by atoms with E-state index in [9.17, 15) is 9.59 Å². The van der Waals surface area contributed by atoms with Crippen molar-refractivity contribution in [1.29, 1.82) is 0 Å². The van der Waals surface area contributed by atoms with Crippen molar-refractivity contribution in [3.63, 3.8) is 0 Å². The average Bonchev–Trinajstić information content (AvgIpc) is 2.54. The number of nitrogens with two attached hydrogens (primary N) is 1. The number of aromatic nitrogens is 1. The molecular formula is C11H14N4O3. The fraction of sp³-hybridized carbons (Fsp3) is 0.364. The summed E-state index contributed by atoms with van der Waals surface area (Å²) in [5.74, 6) is -0.683. The second-order valence-corrected chi connectivity index (χ2v) is 3.99. The molecule has 1 aromatic rings. The van der Waals surface area contributed by atoms with Crippen LogP contribution in [0.25, 0.3) is 0 Å². The zero-order chi connectivity index (χ0) is 13.1. The van der Waals surface area contributed by atoms with Gasteiger partial charge in [-0.3, -0.25) is 4.79 Å². The van der Waals surface area contributed by atoms with Gasteiger partial charge in [-0.2, -0.15) is 0 Å². The highest BCUT2D eigenvalue weighted by atomic mass is 16.4. The number of carboxylic acid groups (broad SMARTS) is 1. The summed E-state index contributed by atoms with van der Waals surface area (Å²) in [4.78, 5) is 28.1. The number of anilines is 2. The Labute approximate surface area is 104 Å². The number of nitrogen functional groups attached to an aromatic ring is 1. The molecule has 2 rings (SSSR count). The molecule has 1 amide bonds. The summed E-state index contributed by atoms with van der Waals surface area (Å²) in [7, 11) is 0. The van der Waals surface area contributed by atoms with E-state index in [4.69, 9.17) is 10.8 Å². The van der Waals surface area contributed by atoms with Gasteiger partial charge >= 0.3 is 5.97 Å². The van der Waals surface area contributed by atoms with Crippen molar-refractivity contribution in [3.05, 3.63) is 17.8 Å². The molecule has 0 aromatic carbocycles. The van der Waals surface area contributed by atoms with Crippen LogP contribution in [0.1, 0.15) is 16.8 Å². The summed E-state index contributed by atoms with van der Waals surface area (Å²) in [5, 5.41) is 11.7. The Kier molecular flexibility index (Phi) is 3.31. The van der Waals surface area contributed by atoms with Gasteiger partial charge in [0.05, 0.1) is 11.3 Å². The lowest BCUT2D eigenvalue weighted by molar-refractivity contribution is -0.120. The van der Waals surface area contributed by atoms with Crippen molar-refractivity contribution in [2.24, 2.45) is 0 Å². The monoisotopic (exact) mass is 250 g/mol. The largest absolute Gasteiger partial charge is 0.478 e. The second kappa shape index (κ2) is 4.91. The van der Waals surface area contributed by atoms with Crippen LogP contribution in [-0.2, 0) is 4.79 Å². The topological polar surface area (TPSA) is 109 Å². The third-order valence-electron chi connectivity index (χ3n) is 2.81. The lowest BCUT2D eigenvalue weighted by Crippen LogP contribution is -2.30. The Morgan fingerprint density at radius 3 is 3.00 bits per heavy atom. The van der Waals surface area contributed by atoms with Crippen molar-refractivity contribution in [2.75, 3.05) is 30.3 Å². The molecule has 4 N–H and O–H groups in total. The molecule has 0 unspecified atom stereocenters. The number of pyridine rings is 1. The number of carbonyl (C=O) groups excluding carboxylic acids is 1. The number of carboxylic acids is 1. The van der Waals surface area contributed by atoms with Gasteiger partial charge in [-0.25, -0.2) is 9.78 Å². The van der Waals surface area contributed by atoms with E-state index in [1.165, 1.54) is 12.3 Å². The van der Waals surface area contributed by atoms with Crippen LogP contribution < -0.4 is 16.0 Å². The van der Waals surface area contributed by atoms with Crippen LogP contribution in [0.4, 0.5) is 11.5 Å². The number of nitrogens with one attached hydrogen (secondary N) is 1. The molecule has 96 valence electrons. The first-order valence-electron chi connectivity index (χ1n) is 5.59. The zero-order valence-corrected chi connectivity index (χ0v) is 9.72. The fourth-order valence-electron chi connectivity index (χ4n) is 1.88. The van der Waals surface area contributed by atoms with Crippen LogP contribution in [-0.4, -0.2) is 41.6 Å².